The van der Waals surface area contributed by atoms with Crippen LogP contribution in [0.1, 0.15) is 29.1 Å². The Hall–Kier alpha value is -2.21. The van der Waals surface area contributed by atoms with Crippen LogP contribution in [0.5, 0.6) is 0 Å². The van der Waals surface area contributed by atoms with E-state index in [1.54, 1.807) is 0 Å². The lowest BCUT2D eigenvalue weighted by atomic mass is 10.0. The first kappa shape index (κ1) is 14.2. The summed E-state index contributed by atoms with van der Waals surface area (Å²) in [6.07, 6.45) is 0. The molecular weight excluding hydrogens is 263 g/mol. The van der Waals surface area contributed by atoms with Crippen molar-refractivity contribution in [3.63, 3.8) is 0 Å². The first-order chi connectivity index (χ1) is 9.41. The Morgan fingerprint density at radius 2 is 1.95 bits per heavy atom. The van der Waals surface area contributed by atoms with E-state index in [9.17, 15) is 14.3 Å². The number of rotatable bonds is 4. The van der Waals surface area contributed by atoms with Gasteiger partial charge < -0.3 is 9.63 Å². The summed E-state index contributed by atoms with van der Waals surface area (Å²) < 4.78 is 18.1. The molecule has 0 saturated carbocycles. The van der Waals surface area contributed by atoms with Crippen molar-refractivity contribution in [3.05, 3.63) is 41.4 Å². The second-order valence-corrected chi connectivity index (χ2v) is 4.72. The smallest absolute Gasteiger partial charge is 0.341 e. The van der Waals surface area contributed by atoms with Crippen molar-refractivity contribution in [2.24, 2.45) is 0 Å². The lowest BCUT2D eigenvalue weighted by Crippen LogP contribution is -2.18. The van der Waals surface area contributed by atoms with Crippen LogP contribution in [0.3, 0.4) is 0 Å². The molecule has 1 N–H and O–H groups in total. The quantitative estimate of drug-likeness (QED) is 0.931. The molecule has 0 aliphatic rings. The molecule has 106 valence electrons. The maximum Gasteiger partial charge on any atom is 0.341 e. The number of aromatic carboxylic acids is 1. The molecule has 0 aliphatic heterocycles. The third kappa shape index (κ3) is 2.55. The molecule has 0 bridgehead atoms. The Morgan fingerprint density at radius 1 is 1.35 bits per heavy atom. The molecule has 0 amide bonds. The van der Waals surface area contributed by atoms with E-state index in [0.717, 1.165) is 0 Å². The number of carboxylic acid groups (broad SMARTS) is 1. The highest BCUT2D eigenvalue weighted by atomic mass is 19.1. The van der Waals surface area contributed by atoms with E-state index < -0.39 is 11.8 Å². The van der Waals surface area contributed by atoms with Crippen molar-refractivity contribution in [3.8, 4) is 11.3 Å². The minimum absolute atomic E-state index is 0.0119. The Bertz CT molecular complexity index is 620. The minimum Gasteiger partial charge on any atom is -0.477 e. The van der Waals surface area contributed by atoms with Crippen molar-refractivity contribution in [2.45, 2.75) is 13.0 Å². The van der Waals surface area contributed by atoms with Crippen LogP contribution in [0.25, 0.3) is 11.3 Å². The fourth-order valence-corrected chi connectivity index (χ4v) is 1.83. The van der Waals surface area contributed by atoms with E-state index in [2.05, 4.69) is 5.16 Å². The van der Waals surface area contributed by atoms with Gasteiger partial charge in [0.25, 0.3) is 0 Å². The van der Waals surface area contributed by atoms with Gasteiger partial charge in [-0.1, -0.05) is 5.16 Å². The number of hydrogen-bond acceptors (Lipinski definition) is 4. The average molecular weight is 278 g/mol. The van der Waals surface area contributed by atoms with Crippen LogP contribution in [0, 0.1) is 5.82 Å². The standard InChI is InChI=1S/C14H15FN2O3/c1-8(17(2)3)13-11(14(18)19)12(16-20-13)9-4-6-10(15)7-5-9/h4-8H,1-3H3,(H,18,19)/t8-/m1/s1. The Labute approximate surface area is 115 Å². The van der Waals surface area contributed by atoms with Crippen molar-refractivity contribution >= 4 is 5.97 Å². The minimum atomic E-state index is -1.12. The number of nitrogens with zero attached hydrogens (tertiary/aromatic N) is 2. The maximum absolute atomic E-state index is 12.9. The van der Waals surface area contributed by atoms with Gasteiger partial charge in [0.15, 0.2) is 5.76 Å². The number of hydrogen-bond donors (Lipinski definition) is 1. The lowest BCUT2D eigenvalue weighted by Gasteiger charge is -2.17. The van der Waals surface area contributed by atoms with Gasteiger partial charge in [-0.15, -0.1) is 0 Å². The van der Waals surface area contributed by atoms with Gasteiger partial charge in [-0.05, 0) is 45.3 Å². The van der Waals surface area contributed by atoms with E-state index in [-0.39, 0.29) is 23.1 Å². The molecule has 2 aromatic rings. The van der Waals surface area contributed by atoms with Gasteiger partial charge in [0.1, 0.15) is 17.1 Å². The molecule has 1 aromatic heterocycles. The molecular formula is C14H15FN2O3. The zero-order valence-corrected chi connectivity index (χ0v) is 11.4. The van der Waals surface area contributed by atoms with Gasteiger partial charge in [-0.25, -0.2) is 9.18 Å². The molecule has 1 atom stereocenters. The molecule has 5 nitrogen and oxygen atoms in total. The fourth-order valence-electron chi connectivity index (χ4n) is 1.83. The van der Waals surface area contributed by atoms with Crippen molar-refractivity contribution < 1.29 is 18.8 Å². The second kappa shape index (κ2) is 5.42. The molecule has 20 heavy (non-hydrogen) atoms. The predicted molar refractivity (Wildman–Crippen MR) is 71.0 cm³/mol. The van der Waals surface area contributed by atoms with Gasteiger partial charge >= 0.3 is 5.97 Å². The van der Waals surface area contributed by atoms with Crippen molar-refractivity contribution in [1.29, 1.82) is 0 Å². The molecule has 0 fully saturated rings. The van der Waals surface area contributed by atoms with Gasteiger partial charge in [0.05, 0.1) is 6.04 Å². The second-order valence-electron chi connectivity index (χ2n) is 4.72. The molecule has 1 aromatic carbocycles. The van der Waals surface area contributed by atoms with Gasteiger partial charge in [-0.3, -0.25) is 4.90 Å². The molecule has 6 heteroatoms. The van der Waals surface area contributed by atoms with Crippen molar-refractivity contribution in [1.82, 2.24) is 10.1 Å². The molecule has 0 aliphatic carbocycles. The highest BCUT2D eigenvalue weighted by Gasteiger charge is 2.27. The van der Waals surface area contributed by atoms with E-state index >= 15 is 0 Å². The zero-order valence-electron chi connectivity index (χ0n) is 11.4. The van der Waals surface area contributed by atoms with Crippen LogP contribution < -0.4 is 0 Å². The maximum atomic E-state index is 12.9. The number of aromatic nitrogens is 1. The van der Waals surface area contributed by atoms with E-state index in [1.165, 1.54) is 24.3 Å². The molecule has 0 spiro atoms. The number of carbonyl (C=O) groups is 1. The third-order valence-corrected chi connectivity index (χ3v) is 3.20. The summed E-state index contributed by atoms with van der Waals surface area (Å²) in [4.78, 5) is 13.3. The van der Waals surface area contributed by atoms with Gasteiger partial charge in [-0.2, -0.15) is 0 Å². The SMILES string of the molecule is C[C@H](c1onc(-c2ccc(F)cc2)c1C(=O)O)N(C)C. The number of halogens is 1. The first-order valence-corrected chi connectivity index (χ1v) is 6.07. The van der Waals surface area contributed by atoms with Crippen LogP contribution in [-0.4, -0.2) is 35.2 Å². The number of carboxylic acids is 1. The molecule has 0 saturated heterocycles. The normalized spacial score (nSPS) is 12.7. The van der Waals surface area contributed by atoms with Crippen LogP contribution in [0.2, 0.25) is 0 Å². The molecule has 0 radical (unpaired) electrons. The number of benzene rings is 1. The summed E-state index contributed by atoms with van der Waals surface area (Å²) in [5.41, 5.74) is 0.726. The Morgan fingerprint density at radius 3 is 2.45 bits per heavy atom. The summed E-state index contributed by atoms with van der Waals surface area (Å²) in [6, 6.07) is 5.23. The monoisotopic (exact) mass is 278 g/mol. The third-order valence-electron chi connectivity index (χ3n) is 3.20. The fraction of sp³-hybridized carbons (Fsp3) is 0.286. The van der Waals surface area contributed by atoms with E-state index in [1.807, 2.05) is 25.9 Å². The topological polar surface area (TPSA) is 66.6 Å². The Balaban J connectivity index is 2.55. The average Bonchev–Trinajstić information content (AvgIpc) is 2.83. The largest absolute Gasteiger partial charge is 0.477 e. The summed E-state index contributed by atoms with van der Waals surface area (Å²) in [5, 5.41) is 13.2. The molecule has 0 unspecified atom stereocenters. The molecule has 1 heterocycles. The summed E-state index contributed by atoms with van der Waals surface area (Å²) in [5.74, 6) is -1.23. The Kier molecular flexibility index (Phi) is 3.85. The van der Waals surface area contributed by atoms with Gasteiger partial charge in [0.2, 0.25) is 0 Å². The van der Waals surface area contributed by atoms with Crippen LogP contribution >= 0.6 is 0 Å². The molecule has 2 rings (SSSR count). The van der Waals surface area contributed by atoms with Crippen LogP contribution in [-0.2, 0) is 0 Å². The summed E-state index contributed by atoms with van der Waals surface area (Å²) in [7, 11) is 3.63. The van der Waals surface area contributed by atoms with Gasteiger partial charge in [0, 0.05) is 5.56 Å². The lowest BCUT2D eigenvalue weighted by molar-refractivity contribution is 0.0692. The van der Waals surface area contributed by atoms with Crippen molar-refractivity contribution in [2.75, 3.05) is 14.1 Å². The highest BCUT2D eigenvalue weighted by molar-refractivity contribution is 5.95. The predicted octanol–water partition coefficient (Wildman–Crippen LogP) is 2.80. The van der Waals surface area contributed by atoms with Crippen LogP contribution in [0.15, 0.2) is 28.8 Å². The summed E-state index contributed by atoms with van der Waals surface area (Å²) >= 11 is 0. The van der Waals surface area contributed by atoms with E-state index in [4.69, 9.17) is 4.52 Å². The first-order valence-electron chi connectivity index (χ1n) is 6.07. The highest BCUT2D eigenvalue weighted by Crippen LogP contribution is 2.30. The zero-order chi connectivity index (χ0) is 14.9. The van der Waals surface area contributed by atoms with Crippen LogP contribution in [0.4, 0.5) is 4.39 Å². The van der Waals surface area contributed by atoms with E-state index in [0.29, 0.717) is 5.56 Å². The summed E-state index contributed by atoms with van der Waals surface area (Å²) in [6.45, 7) is 1.82.